The topological polar surface area (TPSA) is 102 Å². The predicted molar refractivity (Wildman–Crippen MR) is 105 cm³/mol. The third-order valence-corrected chi connectivity index (χ3v) is 5.87. The number of anilines is 1. The Bertz CT molecular complexity index is 1080. The van der Waals surface area contributed by atoms with Gasteiger partial charge in [-0.25, -0.2) is 13.2 Å². The van der Waals surface area contributed by atoms with Crippen LogP contribution in [0.25, 0.3) is 0 Å². The number of benzene rings is 2. The van der Waals surface area contributed by atoms with Crippen molar-refractivity contribution in [1.82, 2.24) is 5.32 Å². The summed E-state index contributed by atoms with van der Waals surface area (Å²) in [4.78, 5) is 12.2. The SMILES string of the molecule is O=C(NCc1ccc[n+]([O-])c1)Nc1ccc(S(=O)(=O)c2ccc(Cl)cc2)cc1. The highest BCUT2D eigenvalue weighted by Crippen LogP contribution is 2.23. The average Bonchev–Trinajstić information content (AvgIpc) is 2.67. The van der Waals surface area contributed by atoms with Gasteiger partial charge in [0, 0.05) is 22.3 Å². The van der Waals surface area contributed by atoms with Crippen LogP contribution in [-0.2, 0) is 16.4 Å². The van der Waals surface area contributed by atoms with Crippen LogP contribution in [0.4, 0.5) is 10.5 Å². The molecule has 2 N–H and O–H groups in total. The van der Waals surface area contributed by atoms with E-state index in [1.165, 1.54) is 60.9 Å². The van der Waals surface area contributed by atoms with Crippen LogP contribution in [0, 0.1) is 5.21 Å². The van der Waals surface area contributed by atoms with Gasteiger partial charge in [0.2, 0.25) is 9.84 Å². The van der Waals surface area contributed by atoms with Crippen LogP contribution in [0.15, 0.2) is 82.8 Å². The molecule has 0 radical (unpaired) electrons. The molecule has 144 valence electrons. The summed E-state index contributed by atoms with van der Waals surface area (Å²) in [6, 6.07) is 14.5. The van der Waals surface area contributed by atoms with Crippen molar-refractivity contribution in [3.05, 3.63) is 88.9 Å². The first-order valence-corrected chi connectivity index (χ1v) is 10.0. The van der Waals surface area contributed by atoms with Crippen LogP contribution < -0.4 is 15.4 Å². The van der Waals surface area contributed by atoms with Gasteiger partial charge in [0.05, 0.1) is 16.3 Å². The lowest BCUT2D eigenvalue weighted by Crippen LogP contribution is -2.30. The molecule has 1 heterocycles. The van der Waals surface area contributed by atoms with Crippen LogP contribution in [0.3, 0.4) is 0 Å². The maximum Gasteiger partial charge on any atom is 0.319 e. The largest absolute Gasteiger partial charge is 0.619 e. The van der Waals surface area contributed by atoms with Gasteiger partial charge in [0.25, 0.3) is 0 Å². The van der Waals surface area contributed by atoms with E-state index in [0.717, 1.165) is 0 Å². The number of amides is 2. The zero-order valence-corrected chi connectivity index (χ0v) is 16.1. The number of carbonyl (C=O) groups is 1. The summed E-state index contributed by atoms with van der Waals surface area (Å²) in [5.74, 6) is 0. The first-order chi connectivity index (χ1) is 13.3. The van der Waals surface area contributed by atoms with Gasteiger partial charge in [-0.1, -0.05) is 11.6 Å². The Kier molecular flexibility index (Phi) is 5.81. The molecule has 2 aromatic carbocycles. The third kappa shape index (κ3) is 4.79. The van der Waals surface area contributed by atoms with Crippen LogP contribution in [0.5, 0.6) is 0 Å². The highest BCUT2D eigenvalue weighted by atomic mass is 35.5. The number of halogens is 1. The zero-order valence-electron chi connectivity index (χ0n) is 14.5. The molecule has 3 rings (SSSR count). The van der Waals surface area contributed by atoms with Gasteiger partial charge in [0.15, 0.2) is 12.4 Å². The summed E-state index contributed by atoms with van der Waals surface area (Å²) in [6.07, 6.45) is 2.71. The molecule has 0 fully saturated rings. The molecule has 3 aromatic rings. The first-order valence-electron chi connectivity index (χ1n) is 8.18. The Labute approximate surface area is 167 Å². The number of aromatic nitrogens is 1. The van der Waals surface area contributed by atoms with Gasteiger partial charge in [-0.05, 0) is 54.6 Å². The van der Waals surface area contributed by atoms with E-state index in [2.05, 4.69) is 10.6 Å². The van der Waals surface area contributed by atoms with E-state index in [1.54, 1.807) is 12.1 Å². The van der Waals surface area contributed by atoms with E-state index >= 15 is 0 Å². The van der Waals surface area contributed by atoms with Gasteiger partial charge in [-0.3, -0.25) is 0 Å². The molecule has 2 amide bonds. The van der Waals surface area contributed by atoms with Gasteiger partial charge in [-0.2, -0.15) is 4.73 Å². The van der Waals surface area contributed by atoms with E-state index in [0.29, 0.717) is 21.0 Å². The summed E-state index contributed by atoms with van der Waals surface area (Å²) < 4.78 is 25.8. The summed E-state index contributed by atoms with van der Waals surface area (Å²) in [5.41, 5.74) is 1.08. The zero-order chi connectivity index (χ0) is 20.1. The Balaban J connectivity index is 1.64. The smallest absolute Gasteiger partial charge is 0.319 e. The van der Waals surface area contributed by atoms with Crippen molar-refractivity contribution in [1.29, 1.82) is 0 Å². The van der Waals surface area contributed by atoms with Crippen molar-refractivity contribution in [3.8, 4) is 0 Å². The van der Waals surface area contributed by atoms with Crippen molar-refractivity contribution in [2.24, 2.45) is 0 Å². The summed E-state index contributed by atoms with van der Waals surface area (Å²) in [6.45, 7) is 0.179. The monoisotopic (exact) mass is 417 g/mol. The number of hydrogen-bond donors (Lipinski definition) is 2. The van der Waals surface area contributed by atoms with Crippen molar-refractivity contribution >= 4 is 33.2 Å². The highest BCUT2D eigenvalue weighted by Gasteiger charge is 2.17. The number of sulfone groups is 1. The quantitative estimate of drug-likeness (QED) is 0.491. The second-order valence-electron chi connectivity index (χ2n) is 5.86. The molecule has 1 aromatic heterocycles. The maximum atomic E-state index is 12.6. The van der Waals surface area contributed by atoms with Crippen LogP contribution in [0.1, 0.15) is 5.56 Å². The number of rotatable bonds is 5. The number of hydrogen-bond acceptors (Lipinski definition) is 4. The minimum Gasteiger partial charge on any atom is -0.619 e. The third-order valence-electron chi connectivity index (χ3n) is 3.84. The van der Waals surface area contributed by atoms with E-state index < -0.39 is 15.9 Å². The van der Waals surface area contributed by atoms with Gasteiger partial charge in [0.1, 0.15) is 0 Å². The van der Waals surface area contributed by atoms with Crippen molar-refractivity contribution in [2.75, 3.05) is 5.32 Å². The molecule has 28 heavy (non-hydrogen) atoms. The minimum absolute atomic E-state index is 0.102. The number of nitrogens with zero attached hydrogens (tertiary/aromatic N) is 1. The lowest BCUT2D eigenvalue weighted by Gasteiger charge is -2.09. The molecule has 0 aliphatic carbocycles. The Morgan fingerprint density at radius 2 is 1.61 bits per heavy atom. The fourth-order valence-electron chi connectivity index (χ4n) is 2.43. The van der Waals surface area contributed by atoms with Crippen LogP contribution in [-0.4, -0.2) is 14.4 Å². The van der Waals surface area contributed by atoms with E-state index in [-0.39, 0.29) is 16.3 Å². The number of nitrogens with one attached hydrogen (secondary N) is 2. The number of urea groups is 1. The normalized spacial score (nSPS) is 11.0. The van der Waals surface area contributed by atoms with E-state index in [4.69, 9.17) is 11.6 Å². The molecule has 0 aliphatic rings. The fraction of sp³-hybridized carbons (Fsp3) is 0.0526. The second-order valence-corrected chi connectivity index (χ2v) is 8.25. The maximum absolute atomic E-state index is 12.6. The number of carbonyl (C=O) groups excluding carboxylic acids is 1. The van der Waals surface area contributed by atoms with Crippen molar-refractivity contribution < 1.29 is 17.9 Å². The van der Waals surface area contributed by atoms with Crippen molar-refractivity contribution in [2.45, 2.75) is 16.3 Å². The molecule has 0 bridgehead atoms. The van der Waals surface area contributed by atoms with Gasteiger partial charge >= 0.3 is 6.03 Å². The predicted octanol–water partition coefficient (Wildman–Crippen LogP) is 3.13. The van der Waals surface area contributed by atoms with E-state index in [1.807, 2.05) is 0 Å². The van der Waals surface area contributed by atoms with E-state index in [9.17, 15) is 18.4 Å². The second kappa shape index (κ2) is 8.28. The molecule has 7 nitrogen and oxygen atoms in total. The molecule has 9 heteroatoms. The summed E-state index contributed by atoms with van der Waals surface area (Å²) in [5, 5.41) is 16.9. The molecule has 0 saturated carbocycles. The Morgan fingerprint density at radius 3 is 2.21 bits per heavy atom. The van der Waals surface area contributed by atoms with Gasteiger partial charge in [-0.15, -0.1) is 0 Å². The standard InChI is InChI=1S/C19H16ClN3O4S/c20-15-3-7-17(8-4-15)28(26,27)18-9-5-16(6-10-18)22-19(24)21-12-14-2-1-11-23(25)13-14/h1-11,13H,12H2,(H2,21,22,24). The molecule has 0 spiro atoms. The molecule has 0 saturated heterocycles. The molecular formula is C19H16ClN3O4S. The minimum atomic E-state index is -3.67. The van der Waals surface area contributed by atoms with Crippen molar-refractivity contribution in [3.63, 3.8) is 0 Å². The Hall–Kier alpha value is -3.10. The number of pyridine rings is 1. The molecule has 0 aliphatic heterocycles. The van der Waals surface area contributed by atoms with Crippen LogP contribution >= 0.6 is 11.6 Å². The highest BCUT2D eigenvalue weighted by molar-refractivity contribution is 7.91. The molecule has 0 atom stereocenters. The summed E-state index contributed by atoms with van der Waals surface area (Å²) in [7, 11) is -3.67. The van der Waals surface area contributed by atoms with Crippen LogP contribution in [0.2, 0.25) is 5.02 Å². The fourth-order valence-corrected chi connectivity index (χ4v) is 3.82. The molecule has 0 unspecified atom stereocenters. The first kappa shape index (κ1) is 19.7. The van der Waals surface area contributed by atoms with Gasteiger partial charge < -0.3 is 15.8 Å². The lowest BCUT2D eigenvalue weighted by atomic mass is 10.3. The lowest BCUT2D eigenvalue weighted by molar-refractivity contribution is -0.605. The average molecular weight is 418 g/mol. The summed E-state index contributed by atoms with van der Waals surface area (Å²) >= 11 is 5.79. The molecular weight excluding hydrogens is 402 g/mol. The Morgan fingerprint density at radius 1 is 1.00 bits per heavy atom.